The standard InChI is InChI=1S/C9H11NS2.C6H15N/c1-6-3-4-8(7(2)5-6)10-9(11)12;1-4-7(5-2)6-3/h3-5H,1-2H3,(H2,10,11,12);4-6H2,1-3H3. The summed E-state index contributed by atoms with van der Waals surface area (Å²) < 4.78 is 0.391. The van der Waals surface area contributed by atoms with Crippen LogP contribution in [0.5, 0.6) is 0 Å². The van der Waals surface area contributed by atoms with E-state index in [0.29, 0.717) is 4.32 Å². The second-order valence-electron chi connectivity index (χ2n) is 4.54. The van der Waals surface area contributed by atoms with Gasteiger partial charge in [-0.1, -0.05) is 22.0 Å². The number of nitrogens with one attached hydrogen (secondary N) is 2. The summed E-state index contributed by atoms with van der Waals surface area (Å²) in [6, 6.07) is 6.11. The van der Waals surface area contributed by atoms with Gasteiger partial charge in [0.2, 0.25) is 0 Å². The number of hydrogen-bond acceptors (Lipinski definition) is 2. The molecule has 0 aliphatic heterocycles. The Labute approximate surface area is 129 Å². The SMILES string of the molecule is CC[NH+](CC)CC.Cc1ccc(NC(=S)[S-])c(C)c1. The van der Waals surface area contributed by atoms with Gasteiger partial charge in [0.05, 0.1) is 19.6 Å². The third kappa shape index (κ3) is 8.14. The van der Waals surface area contributed by atoms with Gasteiger partial charge < -0.3 is 35.1 Å². The molecule has 19 heavy (non-hydrogen) atoms. The predicted octanol–water partition coefficient (Wildman–Crippen LogP) is 2.48. The monoisotopic (exact) mass is 298 g/mol. The van der Waals surface area contributed by atoms with E-state index >= 15 is 0 Å². The van der Waals surface area contributed by atoms with Crippen LogP contribution in [0.2, 0.25) is 0 Å². The van der Waals surface area contributed by atoms with Gasteiger partial charge in [0.1, 0.15) is 0 Å². The summed E-state index contributed by atoms with van der Waals surface area (Å²) in [4.78, 5) is 1.68. The molecule has 2 nitrogen and oxygen atoms in total. The molecular formula is C15H26N2S2. The van der Waals surface area contributed by atoms with Crippen LogP contribution in [0.4, 0.5) is 5.69 Å². The Balaban J connectivity index is 0.000000399. The third-order valence-electron chi connectivity index (χ3n) is 3.12. The zero-order chi connectivity index (χ0) is 14.8. The van der Waals surface area contributed by atoms with E-state index < -0.39 is 0 Å². The van der Waals surface area contributed by atoms with Gasteiger partial charge >= 0.3 is 0 Å². The second-order valence-corrected chi connectivity index (χ2v) is 5.62. The van der Waals surface area contributed by atoms with Crippen LogP contribution < -0.4 is 10.2 Å². The Hall–Kier alpha value is -0.710. The molecule has 4 heteroatoms. The Bertz CT molecular complexity index is 382. The smallest absolute Gasteiger partial charge is 0.0742 e. The summed E-state index contributed by atoms with van der Waals surface area (Å²) in [7, 11) is 0. The van der Waals surface area contributed by atoms with E-state index in [1.807, 2.05) is 19.1 Å². The van der Waals surface area contributed by atoms with Crippen LogP contribution in [-0.2, 0) is 12.6 Å². The largest absolute Gasteiger partial charge is 0.411 e. The van der Waals surface area contributed by atoms with Crippen LogP contribution in [0.3, 0.4) is 0 Å². The van der Waals surface area contributed by atoms with Crippen molar-refractivity contribution >= 4 is 34.9 Å². The Morgan fingerprint density at radius 3 is 2.00 bits per heavy atom. The fourth-order valence-corrected chi connectivity index (χ4v) is 2.03. The van der Waals surface area contributed by atoms with E-state index in [2.05, 4.69) is 39.1 Å². The number of aryl methyl sites for hydroxylation is 2. The normalized spacial score (nSPS) is 9.79. The number of benzene rings is 1. The highest BCUT2D eigenvalue weighted by Crippen LogP contribution is 2.15. The first kappa shape index (κ1) is 18.3. The van der Waals surface area contributed by atoms with E-state index in [1.165, 1.54) is 30.8 Å². The maximum absolute atomic E-state index is 4.77. The molecular weight excluding hydrogens is 272 g/mol. The zero-order valence-electron chi connectivity index (χ0n) is 12.7. The minimum absolute atomic E-state index is 0.391. The van der Waals surface area contributed by atoms with E-state index in [1.54, 1.807) is 4.90 Å². The van der Waals surface area contributed by atoms with Crippen LogP contribution >= 0.6 is 12.2 Å². The van der Waals surface area contributed by atoms with Gasteiger partial charge in [-0.25, -0.2) is 0 Å². The molecule has 0 saturated heterocycles. The molecule has 0 aliphatic carbocycles. The van der Waals surface area contributed by atoms with Crippen molar-refractivity contribution in [2.24, 2.45) is 0 Å². The van der Waals surface area contributed by atoms with Crippen molar-refractivity contribution in [3.63, 3.8) is 0 Å². The van der Waals surface area contributed by atoms with Gasteiger partial charge in [0.25, 0.3) is 0 Å². The summed E-state index contributed by atoms with van der Waals surface area (Å²) in [6.07, 6.45) is 0. The molecule has 0 aromatic heterocycles. The molecule has 1 rings (SSSR count). The maximum atomic E-state index is 4.77. The first-order valence-corrected chi connectivity index (χ1v) is 7.64. The summed E-state index contributed by atoms with van der Waals surface area (Å²) in [5.74, 6) is 0. The molecule has 2 N–H and O–H groups in total. The van der Waals surface area contributed by atoms with Gasteiger partial charge in [-0.2, -0.15) is 0 Å². The van der Waals surface area contributed by atoms with Gasteiger partial charge in [0.15, 0.2) is 0 Å². The summed E-state index contributed by atoms with van der Waals surface area (Å²) in [6.45, 7) is 14.6. The molecule has 108 valence electrons. The van der Waals surface area contributed by atoms with Gasteiger partial charge in [-0.05, 0) is 46.2 Å². The minimum Gasteiger partial charge on any atom is -0.411 e. The van der Waals surface area contributed by atoms with Crippen LogP contribution in [-0.4, -0.2) is 24.0 Å². The fraction of sp³-hybridized carbons (Fsp3) is 0.533. The average Bonchev–Trinajstić information content (AvgIpc) is 2.35. The number of hydrogen-bond donors (Lipinski definition) is 2. The van der Waals surface area contributed by atoms with E-state index in [-0.39, 0.29) is 0 Å². The molecule has 0 bridgehead atoms. The summed E-state index contributed by atoms with van der Waals surface area (Å²) >= 11 is 9.55. The maximum Gasteiger partial charge on any atom is 0.0742 e. The average molecular weight is 299 g/mol. The first-order chi connectivity index (χ1) is 8.94. The van der Waals surface area contributed by atoms with Crippen molar-refractivity contribution in [2.45, 2.75) is 34.6 Å². The Morgan fingerprint density at radius 1 is 1.16 bits per heavy atom. The van der Waals surface area contributed by atoms with Crippen LogP contribution in [0.1, 0.15) is 31.9 Å². The molecule has 0 fully saturated rings. The molecule has 0 unspecified atom stereocenters. The topological polar surface area (TPSA) is 16.5 Å². The Morgan fingerprint density at radius 2 is 1.68 bits per heavy atom. The number of anilines is 1. The lowest BCUT2D eigenvalue weighted by Gasteiger charge is -2.12. The highest BCUT2D eigenvalue weighted by atomic mass is 32.1. The van der Waals surface area contributed by atoms with Gasteiger partial charge in [-0.3, -0.25) is 0 Å². The lowest BCUT2D eigenvalue weighted by molar-refractivity contribution is -0.894. The Kier molecular flexibility index (Phi) is 9.74. The predicted molar refractivity (Wildman–Crippen MR) is 92.1 cm³/mol. The molecule has 1 aromatic rings. The van der Waals surface area contributed by atoms with E-state index in [4.69, 9.17) is 24.8 Å². The van der Waals surface area contributed by atoms with Crippen molar-refractivity contribution in [3.05, 3.63) is 29.3 Å². The van der Waals surface area contributed by atoms with Crippen molar-refractivity contribution in [3.8, 4) is 0 Å². The van der Waals surface area contributed by atoms with E-state index in [9.17, 15) is 0 Å². The van der Waals surface area contributed by atoms with Crippen LogP contribution in [0.15, 0.2) is 18.2 Å². The van der Waals surface area contributed by atoms with Crippen molar-refractivity contribution < 1.29 is 4.90 Å². The third-order valence-corrected chi connectivity index (χ3v) is 3.32. The molecule has 0 spiro atoms. The van der Waals surface area contributed by atoms with Crippen LogP contribution in [0.25, 0.3) is 0 Å². The first-order valence-electron chi connectivity index (χ1n) is 6.83. The summed E-state index contributed by atoms with van der Waals surface area (Å²) in [5, 5.41) is 2.95. The molecule has 0 aliphatic rings. The van der Waals surface area contributed by atoms with Gasteiger partial charge in [0, 0.05) is 5.69 Å². The quantitative estimate of drug-likeness (QED) is 0.657. The molecule has 0 heterocycles. The molecule has 0 saturated carbocycles. The summed E-state index contributed by atoms with van der Waals surface area (Å²) in [5.41, 5.74) is 3.41. The molecule has 0 radical (unpaired) electrons. The highest BCUT2D eigenvalue weighted by Gasteiger charge is 1.95. The van der Waals surface area contributed by atoms with Crippen molar-refractivity contribution in [1.29, 1.82) is 0 Å². The number of quaternary nitrogens is 1. The van der Waals surface area contributed by atoms with Crippen LogP contribution in [0, 0.1) is 13.8 Å². The van der Waals surface area contributed by atoms with Crippen molar-refractivity contribution in [1.82, 2.24) is 0 Å². The fourth-order valence-electron chi connectivity index (χ4n) is 1.81. The lowest BCUT2D eigenvalue weighted by atomic mass is 10.1. The minimum atomic E-state index is 0.391. The zero-order valence-corrected chi connectivity index (χ0v) is 14.3. The molecule has 1 aromatic carbocycles. The highest BCUT2D eigenvalue weighted by molar-refractivity contribution is 8.00. The molecule has 0 atom stereocenters. The second kappa shape index (κ2) is 10.1. The molecule has 0 amide bonds. The lowest BCUT2D eigenvalue weighted by Crippen LogP contribution is -3.11. The van der Waals surface area contributed by atoms with Gasteiger partial charge in [-0.15, -0.1) is 0 Å². The number of thiocarbonyl (C=S) groups is 1. The van der Waals surface area contributed by atoms with E-state index in [0.717, 1.165) is 5.69 Å². The van der Waals surface area contributed by atoms with Crippen molar-refractivity contribution in [2.75, 3.05) is 25.0 Å². The number of rotatable bonds is 4.